The first-order valence-electron chi connectivity index (χ1n) is 5.51. The molecule has 0 heterocycles. The molecule has 2 nitrogen and oxygen atoms in total. The smallest absolute Gasteiger partial charge is 0.255 e. The first-order chi connectivity index (χ1) is 9.10. The molecule has 0 saturated carbocycles. The van der Waals surface area contributed by atoms with Gasteiger partial charge in [-0.15, -0.1) is 0 Å². The number of anilines is 1. The number of carbonyl (C=O) groups excluding carboxylic acids is 1. The fraction of sp³-hybridized carbons (Fsp3) is 0.0714. The molecule has 0 aliphatic rings. The maximum atomic E-state index is 12.1. The van der Waals surface area contributed by atoms with Gasteiger partial charge in [-0.3, -0.25) is 4.79 Å². The molecular formula is C14H10BrCl2NO. The largest absolute Gasteiger partial charge is 0.321 e. The average Bonchev–Trinajstić information content (AvgIpc) is 2.43. The van der Waals surface area contributed by atoms with E-state index in [2.05, 4.69) is 21.2 Å². The van der Waals surface area contributed by atoms with E-state index < -0.39 is 0 Å². The second-order valence-corrected chi connectivity index (χ2v) is 5.31. The number of hydrogen-bond acceptors (Lipinski definition) is 1. The van der Waals surface area contributed by atoms with Gasteiger partial charge in [0, 0.05) is 15.9 Å². The standard InChI is InChI=1S/C14H10BrCl2NO/c15-8-9-1-3-10(4-2-9)14(19)18-13-7-11(16)5-6-12(13)17/h1-7H,8H2,(H,18,19). The molecule has 1 N–H and O–H groups in total. The van der Waals surface area contributed by atoms with Crippen LogP contribution in [-0.2, 0) is 5.33 Å². The van der Waals surface area contributed by atoms with E-state index in [0.717, 1.165) is 10.9 Å². The molecule has 0 bridgehead atoms. The second kappa shape index (κ2) is 6.42. The van der Waals surface area contributed by atoms with Crippen molar-refractivity contribution in [3.8, 4) is 0 Å². The molecule has 0 spiro atoms. The van der Waals surface area contributed by atoms with E-state index in [1.54, 1.807) is 30.3 Å². The Hall–Kier alpha value is -1.03. The molecule has 0 aliphatic heterocycles. The molecule has 0 radical (unpaired) electrons. The van der Waals surface area contributed by atoms with Crippen LogP contribution < -0.4 is 5.32 Å². The summed E-state index contributed by atoms with van der Waals surface area (Å²) in [7, 11) is 0. The van der Waals surface area contributed by atoms with Gasteiger partial charge in [-0.05, 0) is 35.9 Å². The van der Waals surface area contributed by atoms with Crippen LogP contribution in [0.25, 0.3) is 0 Å². The number of halogens is 3. The summed E-state index contributed by atoms with van der Waals surface area (Å²) in [6.45, 7) is 0. The summed E-state index contributed by atoms with van der Waals surface area (Å²) in [5.74, 6) is -0.217. The van der Waals surface area contributed by atoms with Crippen molar-refractivity contribution in [2.75, 3.05) is 5.32 Å². The van der Waals surface area contributed by atoms with Crippen molar-refractivity contribution < 1.29 is 4.79 Å². The third-order valence-electron chi connectivity index (χ3n) is 2.55. The van der Waals surface area contributed by atoms with Gasteiger partial charge in [0.2, 0.25) is 0 Å². The lowest BCUT2D eigenvalue weighted by molar-refractivity contribution is 0.102. The van der Waals surface area contributed by atoms with Crippen molar-refractivity contribution in [3.05, 3.63) is 63.6 Å². The highest BCUT2D eigenvalue weighted by Gasteiger charge is 2.08. The Kier molecular flexibility index (Phi) is 4.86. The van der Waals surface area contributed by atoms with E-state index in [0.29, 0.717) is 21.3 Å². The summed E-state index contributed by atoms with van der Waals surface area (Å²) in [6, 6.07) is 12.3. The quantitative estimate of drug-likeness (QED) is 0.756. The molecular weight excluding hydrogens is 349 g/mol. The van der Waals surface area contributed by atoms with Crippen molar-refractivity contribution in [1.82, 2.24) is 0 Å². The molecule has 0 saturated heterocycles. The van der Waals surface area contributed by atoms with Crippen molar-refractivity contribution >= 4 is 50.7 Å². The molecule has 2 aromatic carbocycles. The van der Waals surface area contributed by atoms with Crippen molar-refractivity contribution in [2.24, 2.45) is 0 Å². The monoisotopic (exact) mass is 357 g/mol. The van der Waals surface area contributed by atoms with E-state index in [4.69, 9.17) is 23.2 Å². The SMILES string of the molecule is O=C(Nc1cc(Cl)ccc1Cl)c1ccc(CBr)cc1. The molecule has 0 atom stereocenters. The van der Waals surface area contributed by atoms with Gasteiger partial charge < -0.3 is 5.32 Å². The Labute approximate surface area is 129 Å². The van der Waals surface area contributed by atoms with Crippen LogP contribution in [0.5, 0.6) is 0 Å². The van der Waals surface area contributed by atoms with Crippen LogP contribution in [0.4, 0.5) is 5.69 Å². The highest BCUT2D eigenvalue weighted by atomic mass is 79.9. The van der Waals surface area contributed by atoms with Crippen molar-refractivity contribution in [2.45, 2.75) is 5.33 Å². The number of hydrogen-bond donors (Lipinski definition) is 1. The Bertz CT molecular complexity index is 599. The average molecular weight is 359 g/mol. The maximum absolute atomic E-state index is 12.1. The van der Waals surface area contributed by atoms with Crippen LogP contribution in [0, 0.1) is 0 Å². The first kappa shape index (κ1) is 14.4. The second-order valence-electron chi connectivity index (χ2n) is 3.91. The Morgan fingerprint density at radius 2 is 1.79 bits per heavy atom. The van der Waals surface area contributed by atoms with Crippen LogP contribution in [0.2, 0.25) is 10.0 Å². The number of benzene rings is 2. The Balaban J connectivity index is 2.18. The molecule has 0 aromatic heterocycles. The fourth-order valence-electron chi connectivity index (χ4n) is 1.53. The van der Waals surface area contributed by atoms with Gasteiger partial charge >= 0.3 is 0 Å². The van der Waals surface area contributed by atoms with E-state index in [9.17, 15) is 4.79 Å². The number of nitrogens with one attached hydrogen (secondary N) is 1. The molecule has 0 fully saturated rings. The van der Waals surface area contributed by atoms with Crippen LogP contribution in [-0.4, -0.2) is 5.91 Å². The van der Waals surface area contributed by atoms with Crippen LogP contribution in [0.3, 0.4) is 0 Å². The Morgan fingerprint density at radius 1 is 1.11 bits per heavy atom. The van der Waals surface area contributed by atoms with Gasteiger partial charge in [-0.1, -0.05) is 51.3 Å². The zero-order valence-electron chi connectivity index (χ0n) is 9.79. The van der Waals surface area contributed by atoms with E-state index >= 15 is 0 Å². The van der Waals surface area contributed by atoms with E-state index in [-0.39, 0.29) is 5.91 Å². The lowest BCUT2D eigenvalue weighted by Crippen LogP contribution is -2.12. The molecule has 0 unspecified atom stereocenters. The zero-order chi connectivity index (χ0) is 13.8. The number of amides is 1. The van der Waals surface area contributed by atoms with Crippen molar-refractivity contribution in [3.63, 3.8) is 0 Å². The molecule has 19 heavy (non-hydrogen) atoms. The first-order valence-corrected chi connectivity index (χ1v) is 7.39. The number of alkyl halides is 1. The van der Waals surface area contributed by atoms with Crippen LogP contribution >= 0.6 is 39.1 Å². The lowest BCUT2D eigenvalue weighted by atomic mass is 10.1. The Morgan fingerprint density at radius 3 is 2.42 bits per heavy atom. The number of rotatable bonds is 3. The normalized spacial score (nSPS) is 10.3. The number of carbonyl (C=O) groups is 1. The summed E-state index contributed by atoms with van der Waals surface area (Å²) in [5.41, 5.74) is 2.18. The summed E-state index contributed by atoms with van der Waals surface area (Å²) >= 11 is 15.2. The molecule has 2 rings (SSSR count). The van der Waals surface area contributed by atoms with Gasteiger partial charge in [0.05, 0.1) is 10.7 Å². The maximum Gasteiger partial charge on any atom is 0.255 e. The van der Waals surface area contributed by atoms with Crippen LogP contribution in [0.15, 0.2) is 42.5 Å². The third-order valence-corrected chi connectivity index (χ3v) is 3.76. The topological polar surface area (TPSA) is 29.1 Å². The van der Waals surface area contributed by atoms with Gasteiger partial charge in [0.15, 0.2) is 0 Å². The highest BCUT2D eigenvalue weighted by molar-refractivity contribution is 9.08. The molecule has 2 aromatic rings. The van der Waals surface area contributed by atoms with Gasteiger partial charge in [0.25, 0.3) is 5.91 Å². The van der Waals surface area contributed by atoms with Crippen LogP contribution in [0.1, 0.15) is 15.9 Å². The predicted octanol–water partition coefficient (Wildman–Crippen LogP) is 5.14. The summed E-state index contributed by atoms with van der Waals surface area (Å²) in [5, 5.41) is 4.47. The highest BCUT2D eigenvalue weighted by Crippen LogP contribution is 2.25. The molecule has 5 heteroatoms. The summed E-state index contributed by atoms with van der Waals surface area (Å²) < 4.78 is 0. The minimum absolute atomic E-state index is 0.217. The van der Waals surface area contributed by atoms with Gasteiger partial charge in [-0.25, -0.2) is 0 Å². The van der Waals surface area contributed by atoms with Crippen molar-refractivity contribution in [1.29, 1.82) is 0 Å². The fourth-order valence-corrected chi connectivity index (χ4v) is 2.24. The zero-order valence-corrected chi connectivity index (χ0v) is 12.9. The summed E-state index contributed by atoms with van der Waals surface area (Å²) in [4.78, 5) is 12.1. The minimum atomic E-state index is -0.217. The summed E-state index contributed by atoms with van der Waals surface area (Å²) in [6.07, 6.45) is 0. The van der Waals surface area contributed by atoms with Gasteiger partial charge in [-0.2, -0.15) is 0 Å². The van der Waals surface area contributed by atoms with Gasteiger partial charge in [0.1, 0.15) is 0 Å². The molecule has 1 amide bonds. The van der Waals surface area contributed by atoms with E-state index in [1.165, 1.54) is 0 Å². The molecule has 0 aliphatic carbocycles. The third kappa shape index (κ3) is 3.72. The molecule has 98 valence electrons. The lowest BCUT2D eigenvalue weighted by Gasteiger charge is -2.08. The van der Waals surface area contributed by atoms with E-state index in [1.807, 2.05) is 12.1 Å². The predicted molar refractivity (Wildman–Crippen MR) is 83.5 cm³/mol. The minimum Gasteiger partial charge on any atom is -0.321 e.